The summed E-state index contributed by atoms with van der Waals surface area (Å²) in [6, 6.07) is 15.4. The lowest BCUT2D eigenvalue weighted by atomic mass is 10.3. The number of hydrogen-bond acceptors (Lipinski definition) is 4. The summed E-state index contributed by atoms with van der Waals surface area (Å²) in [4.78, 5) is 18.4. The number of carbonyl (C=O) groups excluding carboxylic acids is 1. The van der Waals surface area contributed by atoms with Crippen molar-refractivity contribution in [3.05, 3.63) is 58.0 Å². The van der Waals surface area contributed by atoms with Crippen molar-refractivity contribution < 1.29 is 9.53 Å². The number of carbonyl (C=O) groups is 1. The predicted octanol–water partition coefficient (Wildman–Crippen LogP) is 4.10. The number of amides is 1. The molecule has 1 aromatic heterocycles. The Balaban J connectivity index is 1.60. The van der Waals surface area contributed by atoms with Crippen molar-refractivity contribution in [1.82, 2.24) is 9.88 Å². The molecule has 2 aromatic carbocycles. The van der Waals surface area contributed by atoms with Crippen LogP contribution in [-0.4, -0.2) is 29.4 Å². The third-order valence-corrected chi connectivity index (χ3v) is 5.00. The Bertz CT molecular complexity index is 801. The number of hydrogen-bond donors (Lipinski definition) is 0. The van der Waals surface area contributed by atoms with Crippen LogP contribution in [0.1, 0.15) is 5.01 Å². The van der Waals surface area contributed by atoms with E-state index in [2.05, 4.69) is 20.9 Å². The molecule has 0 saturated carbocycles. The van der Waals surface area contributed by atoms with Crippen LogP contribution in [0.2, 0.25) is 0 Å². The number of benzene rings is 2. The molecule has 6 heteroatoms. The van der Waals surface area contributed by atoms with Gasteiger partial charge in [-0.2, -0.15) is 0 Å². The molecule has 118 valence electrons. The maximum atomic E-state index is 12.2. The standard InChI is InChI=1S/C17H15BrN2O2S/c1-20(10-16-19-13-7-3-5-9-15(13)23-16)17(21)11-22-14-8-4-2-6-12(14)18/h2-9H,10-11H2,1H3. The topological polar surface area (TPSA) is 42.4 Å². The van der Waals surface area contributed by atoms with Gasteiger partial charge in [-0.1, -0.05) is 24.3 Å². The molecule has 0 N–H and O–H groups in total. The number of nitrogens with zero attached hydrogens (tertiary/aromatic N) is 2. The SMILES string of the molecule is CN(Cc1nc2ccccc2s1)C(=O)COc1ccccc1Br. The fourth-order valence-electron chi connectivity index (χ4n) is 2.09. The molecular weight excluding hydrogens is 376 g/mol. The van der Waals surface area contributed by atoms with E-state index in [-0.39, 0.29) is 12.5 Å². The van der Waals surface area contributed by atoms with Gasteiger partial charge in [0.1, 0.15) is 10.8 Å². The second-order valence-corrected chi connectivity index (χ2v) is 7.01. The highest BCUT2D eigenvalue weighted by Crippen LogP contribution is 2.24. The zero-order chi connectivity index (χ0) is 16.2. The van der Waals surface area contributed by atoms with Crippen LogP contribution in [0.5, 0.6) is 5.75 Å². The normalized spacial score (nSPS) is 10.7. The highest BCUT2D eigenvalue weighted by molar-refractivity contribution is 9.10. The maximum Gasteiger partial charge on any atom is 0.260 e. The Kier molecular flexibility index (Phi) is 4.93. The summed E-state index contributed by atoms with van der Waals surface area (Å²) < 4.78 is 7.53. The number of aromatic nitrogens is 1. The van der Waals surface area contributed by atoms with E-state index in [1.807, 2.05) is 48.5 Å². The molecule has 23 heavy (non-hydrogen) atoms. The van der Waals surface area contributed by atoms with Crippen LogP contribution in [-0.2, 0) is 11.3 Å². The minimum Gasteiger partial charge on any atom is -0.483 e. The molecule has 0 aliphatic carbocycles. The summed E-state index contributed by atoms with van der Waals surface area (Å²) in [6.07, 6.45) is 0. The zero-order valence-electron chi connectivity index (χ0n) is 12.5. The van der Waals surface area contributed by atoms with Gasteiger partial charge >= 0.3 is 0 Å². The molecule has 0 fully saturated rings. The van der Waals surface area contributed by atoms with Gasteiger partial charge < -0.3 is 9.64 Å². The third kappa shape index (κ3) is 3.89. The van der Waals surface area contributed by atoms with E-state index < -0.39 is 0 Å². The van der Waals surface area contributed by atoms with Gasteiger partial charge in [-0.05, 0) is 40.2 Å². The second-order valence-electron chi connectivity index (χ2n) is 5.04. The molecule has 4 nitrogen and oxygen atoms in total. The average Bonchev–Trinajstić information content (AvgIpc) is 2.96. The molecular formula is C17H15BrN2O2S. The molecule has 0 radical (unpaired) electrons. The Morgan fingerprint density at radius 2 is 1.96 bits per heavy atom. The summed E-state index contributed by atoms with van der Waals surface area (Å²) in [5.74, 6) is 0.578. The number of likely N-dealkylation sites (N-methyl/N-ethyl adjacent to an activating group) is 1. The van der Waals surface area contributed by atoms with Gasteiger partial charge in [-0.15, -0.1) is 11.3 Å². The van der Waals surface area contributed by atoms with E-state index in [4.69, 9.17) is 4.74 Å². The average molecular weight is 391 g/mol. The van der Waals surface area contributed by atoms with E-state index in [9.17, 15) is 4.79 Å². The summed E-state index contributed by atoms with van der Waals surface area (Å²) in [5, 5.41) is 0.919. The van der Waals surface area contributed by atoms with Crippen LogP contribution < -0.4 is 4.74 Å². The summed E-state index contributed by atoms with van der Waals surface area (Å²) >= 11 is 5.01. The molecule has 1 heterocycles. The fraction of sp³-hybridized carbons (Fsp3) is 0.176. The largest absolute Gasteiger partial charge is 0.483 e. The smallest absolute Gasteiger partial charge is 0.260 e. The van der Waals surface area contributed by atoms with Gasteiger partial charge in [0.15, 0.2) is 6.61 Å². The first-order valence-corrected chi connectivity index (χ1v) is 8.70. The summed E-state index contributed by atoms with van der Waals surface area (Å²) in [6.45, 7) is 0.488. The van der Waals surface area contributed by atoms with Crippen molar-refractivity contribution in [2.75, 3.05) is 13.7 Å². The van der Waals surface area contributed by atoms with Crippen LogP contribution in [0.25, 0.3) is 10.2 Å². The molecule has 3 aromatic rings. The lowest BCUT2D eigenvalue weighted by molar-refractivity contribution is -0.132. The molecule has 0 spiro atoms. The lowest BCUT2D eigenvalue weighted by Gasteiger charge is -2.16. The Labute approximate surface area is 146 Å². The van der Waals surface area contributed by atoms with E-state index in [0.29, 0.717) is 12.3 Å². The number of rotatable bonds is 5. The van der Waals surface area contributed by atoms with Gasteiger partial charge in [0.2, 0.25) is 0 Å². The highest BCUT2D eigenvalue weighted by atomic mass is 79.9. The van der Waals surface area contributed by atoms with Crippen LogP contribution >= 0.6 is 27.3 Å². The minimum absolute atomic E-state index is 0.00398. The Morgan fingerprint density at radius 1 is 1.22 bits per heavy atom. The van der Waals surface area contributed by atoms with E-state index in [1.54, 1.807) is 23.3 Å². The van der Waals surface area contributed by atoms with Gasteiger partial charge in [-0.3, -0.25) is 4.79 Å². The first-order chi connectivity index (χ1) is 11.1. The minimum atomic E-state index is -0.0833. The van der Waals surface area contributed by atoms with Crippen molar-refractivity contribution in [3.8, 4) is 5.75 Å². The number of halogens is 1. The van der Waals surface area contributed by atoms with Crippen molar-refractivity contribution in [2.45, 2.75) is 6.54 Å². The predicted molar refractivity (Wildman–Crippen MR) is 95.7 cm³/mol. The molecule has 0 saturated heterocycles. The Hall–Kier alpha value is -1.92. The fourth-order valence-corrected chi connectivity index (χ4v) is 3.51. The van der Waals surface area contributed by atoms with Gasteiger partial charge in [0.05, 0.1) is 21.2 Å². The van der Waals surface area contributed by atoms with E-state index in [0.717, 1.165) is 19.7 Å². The lowest BCUT2D eigenvalue weighted by Crippen LogP contribution is -2.30. The van der Waals surface area contributed by atoms with E-state index in [1.165, 1.54) is 0 Å². The maximum absolute atomic E-state index is 12.2. The first kappa shape index (κ1) is 16.0. The monoisotopic (exact) mass is 390 g/mol. The van der Waals surface area contributed by atoms with Crippen molar-refractivity contribution in [2.24, 2.45) is 0 Å². The number of para-hydroxylation sites is 2. The van der Waals surface area contributed by atoms with Crippen LogP contribution in [0.4, 0.5) is 0 Å². The number of thiazole rings is 1. The van der Waals surface area contributed by atoms with E-state index >= 15 is 0 Å². The van der Waals surface area contributed by atoms with Crippen LogP contribution in [0, 0.1) is 0 Å². The second kappa shape index (κ2) is 7.10. The van der Waals surface area contributed by atoms with Crippen LogP contribution in [0.3, 0.4) is 0 Å². The quantitative estimate of drug-likeness (QED) is 0.658. The van der Waals surface area contributed by atoms with Gasteiger partial charge in [0.25, 0.3) is 5.91 Å². The van der Waals surface area contributed by atoms with Gasteiger partial charge in [-0.25, -0.2) is 4.98 Å². The molecule has 0 atom stereocenters. The van der Waals surface area contributed by atoms with Crippen molar-refractivity contribution >= 4 is 43.4 Å². The molecule has 0 unspecified atom stereocenters. The van der Waals surface area contributed by atoms with Crippen molar-refractivity contribution in [3.63, 3.8) is 0 Å². The molecule has 1 amide bonds. The Morgan fingerprint density at radius 3 is 2.74 bits per heavy atom. The molecule has 0 bridgehead atoms. The van der Waals surface area contributed by atoms with Crippen LogP contribution in [0.15, 0.2) is 53.0 Å². The third-order valence-electron chi connectivity index (χ3n) is 3.32. The van der Waals surface area contributed by atoms with Gasteiger partial charge in [0, 0.05) is 7.05 Å². The summed E-state index contributed by atoms with van der Waals surface area (Å²) in [7, 11) is 1.76. The molecule has 0 aliphatic heterocycles. The zero-order valence-corrected chi connectivity index (χ0v) is 14.9. The first-order valence-electron chi connectivity index (χ1n) is 7.09. The number of fused-ring (bicyclic) bond motifs is 1. The number of ether oxygens (including phenoxy) is 1. The molecule has 3 rings (SSSR count). The molecule has 0 aliphatic rings. The summed E-state index contributed by atoms with van der Waals surface area (Å²) in [5.41, 5.74) is 0.970. The van der Waals surface area contributed by atoms with Crippen molar-refractivity contribution in [1.29, 1.82) is 0 Å². The highest BCUT2D eigenvalue weighted by Gasteiger charge is 2.13.